The highest BCUT2D eigenvalue weighted by atomic mass is 16.3. The summed E-state index contributed by atoms with van der Waals surface area (Å²) in [7, 11) is 0. The van der Waals surface area contributed by atoms with Crippen molar-refractivity contribution in [3.63, 3.8) is 0 Å². The van der Waals surface area contributed by atoms with Crippen LogP contribution in [-0.4, -0.2) is 17.1 Å². The highest BCUT2D eigenvalue weighted by Gasteiger charge is 2.00. The van der Waals surface area contributed by atoms with Crippen molar-refractivity contribution < 1.29 is 9.90 Å². The molecule has 3 N–H and O–H groups in total. The first kappa shape index (κ1) is 20.2. The number of carbonyl (C=O) groups is 1. The summed E-state index contributed by atoms with van der Waals surface area (Å²) in [6.07, 6.45) is 18.0. The van der Waals surface area contributed by atoms with Crippen LogP contribution < -0.4 is 5.73 Å². The second-order valence-corrected chi connectivity index (χ2v) is 5.98. The molecular weight excluding hydrogens is 262 g/mol. The monoisotopic (exact) mass is 297 g/mol. The van der Waals surface area contributed by atoms with Gasteiger partial charge in [-0.15, -0.1) is 0 Å². The van der Waals surface area contributed by atoms with E-state index in [2.05, 4.69) is 19.1 Å². The summed E-state index contributed by atoms with van der Waals surface area (Å²) in [6, 6.07) is 0. The van der Waals surface area contributed by atoms with Crippen molar-refractivity contribution in [3.8, 4) is 0 Å². The number of rotatable bonds is 15. The van der Waals surface area contributed by atoms with E-state index in [1.807, 2.05) is 0 Å². The molecule has 0 rings (SSSR count). The van der Waals surface area contributed by atoms with E-state index in [9.17, 15) is 9.90 Å². The quantitative estimate of drug-likeness (QED) is 0.346. The van der Waals surface area contributed by atoms with Crippen molar-refractivity contribution in [2.45, 2.75) is 96.5 Å². The smallest absolute Gasteiger partial charge is 0.217 e. The Morgan fingerprint density at radius 2 is 1.67 bits per heavy atom. The first-order valence-electron chi connectivity index (χ1n) is 8.78. The molecule has 0 aromatic heterocycles. The number of allylic oxidation sites excluding steroid dienone is 1. The molecule has 0 aliphatic carbocycles. The molecule has 0 bridgehead atoms. The number of primary amides is 1. The van der Waals surface area contributed by atoms with Crippen LogP contribution in [0, 0.1) is 0 Å². The van der Waals surface area contributed by atoms with Crippen LogP contribution >= 0.6 is 0 Å². The van der Waals surface area contributed by atoms with Crippen molar-refractivity contribution in [3.05, 3.63) is 12.2 Å². The van der Waals surface area contributed by atoms with E-state index in [1.54, 1.807) is 0 Å². The van der Waals surface area contributed by atoms with Gasteiger partial charge in [0.25, 0.3) is 0 Å². The molecule has 0 aromatic carbocycles. The van der Waals surface area contributed by atoms with E-state index >= 15 is 0 Å². The lowest BCUT2D eigenvalue weighted by Crippen LogP contribution is -2.09. The van der Waals surface area contributed by atoms with Crippen LogP contribution in [0.3, 0.4) is 0 Å². The fourth-order valence-corrected chi connectivity index (χ4v) is 2.39. The fourth-order valence-electron chi connectivity index (χ4n) is 2.39. The van der Waals surface area contributed by atoms with Crippen molar-refractivity contribution in [1.29, 1.82) is 0 Å². The SMILES string of the molecule is CCCCCCC(O)CC=CCCCCCCCC(N)=O. The lowest BCUT2D eigenvalue weighted by molar-refractivity contribution is -0.118. The molecule has 0 fully saturated rings. The third kappa shape index (κ3) is 17.1. The van der Waals surface area contributed by atoms with Gasteiger partial charge in [-0.3, -0.25) is 4.79 Å². The van der Waals surface area contributed by atoms with E-state index in [0.717, 1.165) is 38.5 Å². The Morgan fingerprint density at radius 1 is 1.00 bits per heavy atom. The number of aliphatic hydroxyl groups excluding tert-OH is 1. The van der Waals surface area contributed by atoms with Gasteiger partial charge in [-0.1, -0.05) is 64.0 Å². The minimum atomic E-state index is -0.189. The van der Waals surface area contributed by atoms with Gasteiger partial charge in [0.15, 0.2) is 0 Å². The molecular formula is C18H35NO2. The Bertz CT molecular complexity index is 264. The molecule has 1 amide bonds. The lowest BCUT2D eigenvalue weighted by atomic mass is 10.1. The highest BCUT2D eigenvalue weighted by Crippen LogP contribution is 2.10. The zero-order valence-electron chi connectivity index (χ0n) is 13.9. The first-order chi connectivity index (χ1) is 10.2. The molecule has 0 saturated heterocycles. The Kier molecular flexibility index (Phi) is 14.9. The number of aliphatic hydroxyl groups is 1. The molecule has 0 radical (unpaired) electrons. The Hall–Kier alpha value is -0.830. The van der Waals surface area contributed by atoms with Gasteiger partial charge < -0.3 is 10.8 Å². The maximum atomic E-state index is 10.6. The largest absolute Gasteiger partial charge is 0.393 e. The molecule has 0 heterocycles. The van der Waals surface area contributed by atoms with Crippen LogP contribution in [0.4, 0.5) is 0 Å². The van der Waals surface area contributed by atoms with E-state index in [1.165, 1.54) is 38.5 Å². The summed E-state index contributed by atoms with van der Waals surface area (Å²) in [5.41, 5.74) is 5.09. The summed E-state index contributed by atoms with van der Waals surface area (Å²) >= 11 is 0. The van der Waals surface area contributed by atoms with Gasteiger partial charge in [-0.2, -0.15) is 0 Å². The average molecular weight is 297 g/mol. The van der Waals surface area contributed by atoms with Crippen molar-refractivity contribution in [2.75, 3.05) is 0 Å². The number of carbonyl (C=O) groups excluding carboxylic acids is 1. The summed E-state index contributed by atoms with van der Waals surface area (Å²) < 4.78 is 0. The third-order valence-electron chi connectivity index (χ3n) is 3.76. The second kappa shape index (κ2) is 15.6. The molecule has 21 heavy (non-hydrogen) atoms. The molecule has 0 aromatic rings. The molecule has 3 heteroatoms. The Morgan fingerprint density at radius 3 is 2.38 bits per heavy atom. The van der Waals surface area contributed by atoms with Gasteiger partial charge in [-0.25, -0.2) is 0 Å². The van der Waals surface area contributed by atoms with E-state index in [-0.39, 0.29) is 12.0 Å². The van der Waals surface area contributed by atoms with Gasteiger partial charge >= 0.3 is 0 Å². The third-order valence-corrected chi connectivity index (χ3v) is 3.76. The first-order valence-corrected chi connectivity index (χ1v) is 8.78. The van der Waals surface area contributed by atoms with E-state index in [0.29, 0.717) is 6.42 Å². The maximum absolute atomic E-state index is 10.6. The predicted octanol–water partition coefficient (Wildman–Crippen LogP) is 4.48. The molecule has 0 aliphatic rings. The minimum Gasteiger partial charge on any atom is -0.393 e. The summed E-state index contributed by atoms with van der Waals surface area (Å²) in [5, 5.41) is 9.80. The maximum Gasteiger partial charge on any atom is 0.217 e. The van der Waals surface area contributed by atoms with Crippen LogP contribution in [0.25, 0.3) is 0 Å². The average Bonchev–Trinajstić information content (AvgIpc) is 2.45. The standard InChI is InChI=1S/C18H35NO2/c1-2-3-4-11-14-17(20)15-12-9-7-5-6-8-10-13-16-18(19)21/h9,12,17,20H,2-8,10-11,13-16H2,1H3,(H2,19,21). The van der Waals surface area contributed by atoms with Crippen LogP contribution in [0.5, 0.6) is 0 Å². The molecule has 124 valence electrons. The van der Waals surface area contributed by atoms with Gasteiger partial charge in [0.1, 0.15) is 0 Å². The summed E-state index contributed by atoms with van der Waals surface area (Å²) in [5.74, 6) is -0.189. The number of hydrogen-bond acceptors (Lipinski definition) is 2. The van der Waals surface area contributed by atoms with Gasteiger partial charge in [-0.05, 0) is 32.1 Å². The zero-order valence-corrected chi connectivity index (χ0v) is 13.9. The number of hydrogen-bond donors (Lipinski definition) is 2. The zero-order chi connectivity index (χ0) is 15.8. The van der Waals surface area contributed by atoms with Crippen molar-refractivity contribution in [1.82, 2.24) is 0 Å². The Labute approximate surface area is 131 Å². The topological polar surface area (TPSA) is 63.3 Å². The molecule has 1 unspecified atom stereocenters. The molecule has 0 saturated carbocycles. The summed E-state index contributed by atoms with van der Waals surface area (Å²) in [6.45, 7) is 2.21. The highest BCUT2D eigenvalue weighted by molar-refractivity contribution is 5.73. The predicted molar refractivity (Wildman–Crippen MR) is 90.0 cm³/mol. The van der Waals surface area contributed by atoms with E-state index in [4.69, 9.17) is 5.73 Å². The Balaban J connectivity index is 3.26. The molecule has 0 spiro atoms. The van der Waals surface area contributed by atoms with Crippen molar-refractivity contribution in [2.24, 2.45) is 5.73 Å². The lowest BCUT2D eigenvalue weighted by Gasteiger charge is -2.07. The van der Waals surface area contributed by atoms with E-state index < -0.39 is 0 Å². The van der Waals surface area contributed by atoms with Crippen LogP contribution in [0.1, 0.15) is 90.4 Å². The summed E-state index contributed by atoms with van der Waals surface area (Å²) in [4.78, 5) is 10.6. The van der Waals surface area contributed by atoms with Crippen LogP contribution in [-0.2, 0) is 4.79 Å². The van der Waals surface area contributed by atoms with Crippen LogP contribution in [0.2, 0.25) is 0 Å². The fraction of sp³-hybridized carbons (Fsp3) is 0.833. The minimum absolute atomic E-state index is 0.160. The number of unbranched alkanes of at least 4 members (excludes halogenated alkanes) is 8. The number of nitrogens with two attached hydrogens (primary N) is 1. The normalized spacial score (nSPS) is 12.9. The van der Waals surface area contributed by atoms with Crippen LogP contribution in [0.15, 0.2) is 12.2 Å². The number of amides is 1. The molecule has 0 aliphatic heterocycles. The van der Waals surface area contributed by atoms with Crippen molar-refractivity contribution >= 4 is 5.91 Å². The van der Waals surface area contributed by atoms with Gasteiger partial charge in [0, 0.05) is 6.42 Å². The molecule has 3 nitrogen and oxygen atoms in total. The second-order valence-electron chi connectivity index (χ2n) is 5.98. The van der Waals surface area contributed by atoms with Gasteiger partial charge in [0.05, 0.1) is 6.10 Å². The molecule has 1 atom stereocenters. The van der Waals surface area contributed by atoms with Gasteiger partial charge in [0.2, 0.25) is 5.91 Å².